The molecule has 0 bridgehead atoms. The maximum absolute atomic E-state index is 13.5. The van der Waals surface area contributed by atoms with Crippen LogP contribution in [0.1, 0.15) is 31.0 Å². The van der Waals surface area contributed by atoms with Crippen LogP contribution in [-0.2, 0) is 25.6 Å². The third kappa shape index (κ3) is 7.72. The standard InChI is InChI=1S/C25H23F4N3O6S/c1-15(16-6-9-18(26)10-7-16)32-38-23(33)5-4-12-39(34,35)24-30-19(14-22(31-24)25(27,28)29)17-8-11-20(36-2)21(13-17)37-3/h6-11,13-14H,4-5,12H2,1-3H3/b32-15-. The Morgan fingerprint density at radius 3 is 2.26 bits per heavy atom. The highest BCUT2D eigenvalue weighted by Crippen LogP contribution is 2.35. The van der Waals surface area contributed by atoms with E-state index in [1.54, 1.807) is 0 Å². The van der Waals surface area contributed by atoms with E-state index in [-0.39, 0.29) is 29.1 Å². The first-order valence-electron chi connectivity index (χ1n) is 11.3. The Bertz CT molecular complexity index is 1480. The second-order valence-electron chi connectivity index (χ2n) is 8.06. The zero-order chi connectivity index (χ0) is 28.8. The molecule has 0 aliphatic carbocycles. The van der Waals surface area contributed by atoms with Crippen LogP contribution < -0.4 is 9.47 Å². The molecule has 0 fully saturated rings. The molecule has 0 N–H and O–H groups in total. The minimum Gasteiger partial charge on any atom is -0.493 e. The van der Waals surface area contributed by atoms with Gasteiger partial charge in [-0.15, -0.1) is 0 Å². The van der Waals surface area contributed by atoms with E-state index in [4.69, 9.17) is 14.3 Å². The lowest BCUT2D eigenvalue weighted by molar-refractivity contribution is -0.143. The summed E-state index contributed by atoms with van der Waals surface area (Å²) in [7, 11) is -1.72. The number of aromatic nitrogens is 2. The third-order valence-electron chi connectivity index (χ3n) is 5.29. The van der Waals surface area contributed by atoms with Crippen molar-refractivity contribution in [2.75, 3.05) is 20.0 Å². The van der Waals surface area contributed by atoms with Crippen LogP contribution in [0.4, 0.5) is 17.6 Å². The summed E-state index contributed by atoms with van der Waals surface area (Å²) >= 11 is 0. The normalized spacial score (nSPS) is 12.2. The van der Waals surface area contributed by atoms with Gasteiger partial charge in [-0.1, -0.05) is 17.3 Å². The molecule has 0 amide bonds. The van der Waals surface area contributed by atoms with Crippen molar-refractivity contribution in [2.45, 2.75) is 31.1 Å². The molecule has 3 rings (SSSR count). The first-order chi connectivity index (χ1) is 18.3. The number of hydrogen-bond donors (Lipinski definition) is 0. The summed E-state index contributed by atoms with van der Waals surface area (Å²) in [6, 6.07) is 10.1. The molecule has 0 saturated heterocycles. The summed E-state index contributed by atoms with van der Waals surface area (Å²) in [4.78, 5) is 23.8. The maximum Gasteiger partial charge on any atom is 0.433 e. The van der Waals surface area contributed by atoms with Gasteiger partial charge in [0.1, 0.15) is 11.5 Å². The smallest absolute Gasteiger partial charge is 0.433 e. The highest BCUT2D eigenvalue weighted by molar-refractivity contribution is 7.91. The van der Waals surface area contributed by atoms with Crippen molar-refractivity contribution in [2.24, 2.45) is 5.16 Å². The maximum atomic E-state index is 13.5. The average Bonchev–Trinajstić information content (AvgIpc) is 2.90. The zero-order valence-corrected chi connectivity index (χ0v) is 21.8. The highest BCUT2D eigenvalue weighted by atomic mass is 32.2. The van der Waals surface area contributed by atoms with Crippen molar-refractivity contribution in [3.8, 4) is 22.8 Å². The number of alkyl halides is 3. The number of benzene rings is 2. The fraction of sp³-hybridized carbons (Fsp3) is 0.280. The monoisotopic (exact) mass is 569 g/mol. The molecule has 208 valence electrons. The molecule has 3 aromatic rings. The van der Waals surface area contributed by atoms with E-state index < -0.39 is 50.8 Å². The van der Waals surface area contributed by atoms with Gasteiger partial charge in [-0.25, -0.2) is 27.6 Å². The summed E-state index contributed by atoms with van der Waals surface area (Å²) in [6.45, 7) is 1.52. The van der Waals surface area contributed by atoms with Gasteiger partial charge in [-0.3, -0.25) is 0 Å². The number of rotatable bonds is 10. The summed E-state index contributed by atoms with van der Waals surface area (Å²) in [5.74, 6) is -1.55. The van der Waals surface area contributed by atoms with E-state index >= 15 is 0 Å². The molecule has 0 spiro atoms. The number of methoxy groups -OCH3 is 2. The van der Waals surface area contributed by atoms with Crippen LogP contribution in [0.2, 0.25) is 0 Å². The summed E-state index contributed by atoms with van der Waals surface area (Å²) in [5.41, 5.74) is -0.850. The minimum atomic E-state index is -4.96. The average molecular weight is 570 g/mol. The molecule has 0 aliphatic heterocycles. The Balaban J connectivity index is 1.76. The van der Waals surface area contributed by atoms with Gasteiger partial charge in [0.15, 0.2) is 11.5 Å². The minimum absolute atomic E-state index is 0.134. The quantitative estimate of drug-likeness (QED) is 0.112. The Morgan fingerprint density at radius 1 is 0.974 bits per heavy atom. The number of carbonyl (C=O) groups is 1. The highest BCUT2D eigenvalue weighted by Gasteiger charge is 2.35. The van der Waals surface area contributed by atoms with E-state index in [0.717, 1.165) is 0 Å². The van der Waals surface area contributed by atoms with Gasteiger partial charge in [-0.2, -0.15) is 13.2 Å². The molecule has 1 heterocycles. The molecule has 1 aromatic heterocycles. The molecule has 0 aliphatic rings. The molecule has 0 radical (unpaired) electrons. The van der Waals surface area contributed by atoms with Crippen LogP contribution in [-0.4, -0.2) is 50.0 Å². The topological polar surface area (TPSA) is 117 Å². The Hall–Kier alpha value is -4.07. The summed E-state index contributed by atoms with van der Waals surface area (Å²) in [5, 5.41) is 2.59. The van der Waals surface area contributed by atoms with E-state index in [2.05, 4.69) is 15.1 Å². The number of nitrogens with zero attached hydrogens (tertiary/aromatic N) is 3. The number of carbonyl (C=O) groups excluding carboxylic acids is 1. The van der Waals surface area contributed by atoms with Crippen LogP contribution in [0, 0.1) is 5.82 Å². The second kappa shape index (κ2) is 12.2. The Morgan fingerprint density at radius 2 is 1.64 bits per heavy atom. The lowest BCUT2D eigenvalue weighted by Gasteiger charge is -2.13. The summed E-state index contributed by atoms with van der Waals surface area (Å²) in [6.07, 6.45) is -5.65. The van der Waals surface area contributed by atoms with Gasteiger partial charge in [0.05, 0.1) is 31.4 Å². The molecular formula is C25H23F4N3O6S. The molecule has 9 nitrogen and oxygen atoms in total. The SMILES string of the molecule is COc1ccc(-c2cc(C(F)(F)F)nc(S(=O)(=O)CCCC(=O)O/N=C(/C)c3ccc(F)cc3)n2)cc1OC. The number of sulfone groups is 1. The molecule has 0 atom stereocenters. The molecule has 39 heavy (non-hydrogen) atoms. The largest absolute Gasteiger partial charge is 0.493 e. The van der Waals surface area contributed by atoms with Gasteiger partial charge in [0.25, 0.3) is 0 Å². The lowest BCUT2D eigenvalue weighted by Crippen LogP contribution is -2.17. The fourth-order valence-electron chi connectivity index (χ4n) is 3.26. The van der Waals surface area contributed by atoms with Crippen LogP contribution in [0.25, 0.3) is 11.3 Å². The first-order valence-corrected chi connectivity index (χ1v) is 12.9. The third-order valence-corrected chi connectivity index (χ3v) is 6.86. The van der Waals surface area contributed by atoms with Crippen molar-refractivity contribution < 1.29 is 45.1 Å². The Labute approximate surface area is 221 Å². The van der Waals surface area contributed by atoms with Crippen LogP contribution in [0.5, 0.6) is 11.5 Å². The summed E-state index contributed by atoms with van der Waals surface area (Å²) < 4.78 is 89.6. The van der Waals surface area contributed by atoms with Gasteiger partial charge in [0, 0.05) is 12.0 Å². The molecule has 2 aromatic carbocycles. The number of halogens is 4. The van der Waals surface area contributed by atoms with E-state index in [0.29, 0.717) is 17.4 Å². The van der Waals surface area contributed by atoms with Crippen molar-refractivity contribution in [3.63, 3.8) is 0 Å². The molecule has 0 unspecified atom stereocenters. The molecular weight excluding hydrogens is 546 g/mol. The molecule has 14 heteroatoms. The second-order valence-corrected chi connectivity index (χ2v) is 10.1. The van der Waals surface area contributed by atoms with E-state index in [1.807, 2.05) is 0 Å². The molecule has 0 saturated carbocycles. The number of ether oxygens (including phenoxy) is 2. The van der Waals surface area contributed by atoms with Gasteiger partial charge in [0.2, 0.25) is 15.0 Å². The predicted octanol–water partition coefficient (Wildman–Crippen LogP) is 4.84. The number of hydrogen-bond acceptors (Lipinski definition) is 9. The first kappa shape index (κ1) is 29.5. The zero-order valence-electron chi connectivity index (χ0n) is 21.0. The van der Waals surface area contributed by atoms with E-state index in [1.165, 1.54) is 63.6 Å². The van der Waals surface area contributed by atoms with Gasteiger partial charge >= 0.3 is 12.1 Å². The van der Waals surface area contributed by atoms with Gasteiger partial charge in [-0.05, 0) is 55.3 Å². The van der Waals surface area contributed by atoms with Gasteiger partial charge < -0.3 is 14.3 Å². The van der Waals surface area contributed by atoms with Crippen molar-refractivity contribution >= 4 is 21.5 Å². The lowest BCUT2D eigenvalue weighted by atomic mass is 10.1. The van der Waals surface area contributed by atoms with Crippen molar-refractivity contribution in [1.29, 1.82) is 0 Å². The van der Waals surface area contributed by atoms with Crippen molar-refractivity contribution in [1.82, 2.24) is 9.97 Å². The van der Waals surface area contributed by atoms with Crippen LogP contribution >= 0.6 is 0 Å². The Kier molecular flexibility index (Phi) is 9.22. The van der Waals surface area contributed by atoms with Crippen LogP contribution in [0.15, 0.2) is 58.8 Å². The van der Waals surface area contributed by atoms with Crippen LogP contribution in [0.3, 0.4) is 0 Å². The number of oxime groups is 1. The predicted molar refractivity (Wildman–Crippen MR) is 132 cm³/mol. The van der Waals surface area contributed by atoms with Crippen molar-refractivity contribution in [3.05, 3.63) is 65.6 Å². The fourth-order valence-corrected chi connectivity index (χ4v) is 4.44. The van der Waals surface area contributed by atoms with E-state index in [9.17, 15) is 30.8 Å².